The summed E-state index contributed by atoms with van der Waals surface area (Å²) in [5.41, 5.74) is -0.386. The number of hydrogen-bond donors (Lipinski definition) is 5. The van der Waals surface area contributed by atoms with E-state index in [2.05, 4.69) is 15.0 Å². The lowest BCUT2D eigenvalue weighted by Gasteiger charge is -2.16. The second-order valence-corrected chi connectivity index (χ2v) is 11.3. The zero-order valence-corrected chi connectivity index (χ0v) is 22.8. The van der Waals surface area contributed by atoms with Gasteiger partial charge in [0.2, 0.25) is 10.0 Å². The van der Waals surface area contributed by atoms with Crippen LogP contribution in [0.1, 0.15) is 32.8 Å². The second-order valence-electron chi connectivity index (χ2n) is 8.16. The number of aromatic carboxylic acids is 1. The van der Waals surface area contributed by atoms with E-state index in [-0.39, 0.29) is 28.5 Å². The zero-order valence-electron chi connectivity index (χ0n) is 20.4. The molecule has 15 heteroatoms. The highest BCUT2D eigenvalue weighted by Gasteiger charge is 2.25. The van der Waals surface area contributed by atoms with Crippen LogP contribution in [0.2, 0.25) is 5.02 Å². The Bertz CT molecular complexity index is 1550. The van der Waals surface area contributed by atoms with Crippen molar-refractivity contribution in [2.75, 3.05) is 5.75 Å². The van der Waals surface area contributed by atoms with Gasteiger partial charge in [-0.2, -0.15) is 0 Å². The minimum Gasteiger partial charge on any atom is -0.507 e. The van der Waals surface area contributed by atoms with Gasteiger partial charge in [-0.1, -0.05) is 23.7 Å². The summed E-state index contributed by atoms with van der Waals surface area (Å²) in [5, 5.41) is 30.7. The maximum atomic E-state index is 12.7. The number of hydrogen-bond acceptors (Lipinski definition) is 9. The number of thioether (sulfide) groups is 1. The summed E-state index contributed by atoms with van der Waals surface area (Å²) >= 11 is 7.19. The van der Waals surface area contributed by atoms with Gasteiger partial charge in [0.05, 0.1) is 45.9 Å². The smallest absolute Gasteiger partial charge is 0.339 e. The van der Waals surface area contributed by atoms with E-state index >= 15 is 0 Å². The van der Waals surface area contributed by atoms with E-state index in [9.17, 15) is 37.8 Å². The molecule has 0 saturated carbocycles. The van der Waals surface area contributed by atoms with Crippen LogP contribution in [0.5, 0.6) is 5.75 Å². The molecule has 2 aromatic carbocycles. The number of aromatic nitrogens is 1. The molecule has 40 heavy (non-hydrogen) atoms. The third kappa shape index (κ3) is 8.26. The summed E-state index contributed by atoms with van der Waals surface area (Å²) < 4.78 is 27.3. The first kappa shape index (κ1) is 30.6. The van der Waals surface area contributed by atoms with Crippen LogP contribution in [-0.2, 0) is 26.2 Å². The fraction of sp³-hybridized carbons (Fsp3) is 0.160. The number of amides is 1. The highest BCUT2D eigenvalue weighted by Crippen LogP contribution is 2.27. The van der Waals surface area contributed by atoms with Crippen molar-refractivity contribution in [1.82, 2.24) is 15.0 Å². The molecule has 0 spiro atoms. The number of carboxylic acids is 2. The van der Waals surface area contributed by atoms with Gasteiger partial charge in [-0.25, -0.2) is 17.9 Å². The number of benzene rings is 2. The van der Waals surface area contributed by atoms with E-state index in [1.165, 1.54) is 12.1 Å². The molecule has 0 fully saturated rings. The summed E-state index contributed by atoms with van der Waals surface area (Å²) in [7, 11) is -4.17. The van der Waals surface area contributed by atoms with Crippen LogP contribution in [0, 0.1) is 0 Å². The molecule has 1 aromatic heterocycles. The molecule has 1 heterocycles. The van der Waals surface area contributed by atoms with Gasteiger partial charge >= 0.3 is 11.9 Å². The SMILES string of the molecule is O=C(O)C[C@H](NC(=O)c1ccc(CNS(=O)(=O)c2ccc(O)c(C(=O)O)c2)nc1)C(=O)CSc1ccccc1Cl. The molecule has 0 saturated heterocycles. The molecule has 0 unspecified atom stereocenters. The first-order valence-electron chi connectivity index (χ1n) is 11.3. The van der Waals surface area contributed by atoms with E-state index in [1.807, 2.05) is 0 Å². The third-order valence-electron chi connectivity index (χ3n) is 5.32. The number of carboxylic acid groups (broad SMARTS) is 2. The predicted molar refractivity (Wildman–Crippen MR) is 144 cm³/mol. The van der Waals surface area contributed by atoms with E-state index < -0.39 is 57.4 Å². The van der Waals surface area contributed by atoms with Gasteiger partial charge in [0, 0.05) is 11.1 Å². The predicted octanol–water partition coefficient (Wildman–Crippen LogP) is 2.55. The van der Waals surface area contributed by atoms with Gasteiger partial charge in [-0.05, 0) is 42.5 Å². The van der Waals surface area contributed by atoms with Crippen LogP contribution >= 0.6 is 23.4 Å². The number of Topliss-reactive ketones (excluding diaryl/α,β-unsaturated/α-hetero) is 1. The van der Waals surface area contributed by atoms with Gasteiger partial charge in [0.15, 0.2) is 5.78 Å². The molecule has 0 aliphatic rings. The maximum Gasteiger partial charge on any atom is 0.339 e. The lowest BCUT2D eigenvalue weighted by Crippen LogP contribution is -2.43. The van der Waals surface area contributed by atoms with Crippen LogP contribution < -0.4 is 10.0 Å². The Balaban J connectivity index is 1.63. The Kier molecular flexibility index (Phi) is 10.2. The Hall–Kier alpha value is -3.98. The van der Waals surface area contributed by atoms with Crippen LogP contribution in [0.25, 0.3) is 0 Å². The zero-order chi connectivity index (χ0) is 29.4. The minimum absolute atomic E-state index is 0.00168. The molecular weight excluding hydrogens is 586 g/mol. The first-order chi connectivity index (χ1) is 18.9. The standard InChI is InChI=1S/C25H22ClN3O9S2/c26-18-3-1-2-4-22(18)39-13-21(31)19(10-23(32)33)29-24(34)14-5-6-15(27-11-14)12-28-40(37,38)16-7-8-20(30)17(9-16)25(35)36/h1-9,11,19,28,30H,10,12-13H2,(H,29,34)(H,32,33)(H,35,36)/t19-/m0/s1. The molecule has 3 rings (SSSR count). The molecule has 0 aliphatic heterocycles. The normalized spacial score (nSPS) is 11.9. The third-order valence-corrected chi connectivity index (χ3v) is 8.25. The fourth-order valence-electron chi connectivity index (χ4n) is 3.24. The van der Waals surface area contributed by atoms with Gasteiger partial charge < -0.3 is 20.6 Å². The van der Waals surface area contributed by atoms with Crippen molar-refractivity contribution in [3.63, 3.8) is 0 Å². The number of aromatic hydroxyl groups is 1. The number of pyridine rings is 1. The summed E-state index contributed by atoms with van der Waals surface area (Å²) in [6.45, 7) is -0.313. The van der Waals surface area contributed by atoms with Crippen molar-refractivity contribution in [3.05, 3.63) is 82.6 Å². The average molecular weight is 608 g/mol. The molecule has 12 nitrogen and oxygen atoms in total. The number of carbonyl (C=O) groups excluding carboxylic acids is 2. The number of ketones is 1. The van der Waals surface area contributed by atoms with Crippen molar-refractivity contribution in [2.45, 2.75) is 28.8 Å². The van der Waals surface area contributed by atoms with Crippen LogP contribution in [0.3, 0.4) is 0 Å². The molecule has 210 valence electrons. The van der Waals surface area contributed by atoms with Crippen molar-refractivity contribution < 1.29 is 42.9 Å². The molecule has 0 aliphatic carbocycles. The number of aliphatic carboxylic acids is 1. The van der Waals surface area contributed by atoms with Crippen LogP contribution in [0.4, 0.5) is 0 Å². The van der Waals surface area contributed by atoms with Gasteiger partial charge in [0.25, 0.3) is 5.91 Å². The van der Waals surface area contributed by atoms with E-state index in [4.69, 9.17) is 16.7 Å². The summed E-state index contributed by atoms with van der Waals surface area (Å²) in [5.74, 6) is -4.79. The molecule has 1 atom stereocenters. The summed E-state index contributed by atoms with van der Waals surface area (Å²) in [6.07, 6.45) is 0.491. The average Bonchev–Trinajstić information content (AvgIpc) is 2.91. The van der Waals surface area contributed by atoms with E-state index in [0.717, 1.165) is 36.2 Å². The van der Waals surface area contributed by atoms with Crippen molar-refractivity contribution in [2.24, 2.45) is 0 Å². The van der Waals surface area contributed by atoms with Gasteiger partial charge in [-0.15, -0.1) is 11.8 Å². The number of sulfonamides is 1. The Labute approximate surface area is 237 Å². The van der Waals surface area contributed by atoms with Crippen molar-refractivity contribution in [3.8, 4) is 5.75 Å². The Morgan fingerprint density at radius 3 is 2.38 bits per heavy atom. The maximum absolute atomic E-state index is 12.7. The van der Waals surface area contributed by atoms with Gasteiger partial charge in [0.1, 0.15) is 11.3 Å². The van der Waals surface area contributed by atoms with Crippen LogP contribution in [-0.4, -0.2) is 64.1 Å². The number of nitrogens with zero attached hydrogens (tertiary/aromatic N) is 1. The lowest BCUT2D eigenvalue weighted by atomic mass is 10.1. The monoisotopic (exact) mass is 607 g/mol. The molecular formula is C25H22ClN3O9S2. The highest BCUT2D eigenvalue weighted by molar-refractivity contribution is 8.00. The Morgan fingerprint density at radius 2 is 1.75 bits per heavy atom. The Morgan fingerprint density at radius 1 is 1.02 bits per heavy atom. The lowest BCUT2D eigenvalue weighted by molar-refractivity contribution is -0.139. The largest absolute Gasteiger partial charge is 0.507 e. The fourth-order valence-corrected chi connectivity index (χ4v) is 5.45. The molecule has 0 bridgehead atoms. The number of nitrogens with one attached hydrogen (secondary N) is 2. The molecule has 1 amide bonds. The van der Waals surface area contributed by atoms with E-state index in [1.54, 1.807) is 24.3 Å². The number of phenols is 1. The number of carbonyl (C=O) groups is 4. The number of halogens is 1. The second kappa shape index (κ2) is 13.4. The highest BCUT2D eigenvalue weighted by atomic mass is 35.5. The van der Waals surface area contributed by atoms with Crippen LogP contribution in [0.15, 0.2) is 70.6 Å². The molecule has 0 radical (unpaired) electrons. The van der Waals surface area contributed by atoms with Crippen molar-refractivity contribution >= 4 is 57.0 Å². The number of rotatable bonds is 13. The topological polar surface area (TPSA) is 200 Å². The minimum atomic E-state index is -4.17. The quantitative estimate of drug-likeness (QED) is 0.179. The summed E-state index contributed by atoms with van der Waals surface area (Å²) in [6, 6.07) is 10.9. The molecule has 3 aromatic rings. The summed E-state index contributed by atoms with van der Waals surface area (Å²) in [4.78, 5) is 52.1. The van der Waals surface area contributed by atoms with Gasteiger partial charge in [-0.3, -0.25) is 19.4 Å². The van der Waals surface area contributed by atoms with E-state index in [0.29, 0.717) is 9.92 Å². The van der Waals surface area contributed by atoms with Crippen molar-refractivity contribution in [1.29, 1.82) is 0 Å². The molecule has 5 N–H and O–H groups in total. The first-order valence-corrected chi connectivity index (χ1v) is 14.2.